The van der Waals surface area contributed by atoms with Gasteiger partial charge in [0.15, 0.2) is 0 Å². The highest BCUT2D eigenvalue weighted by atomic mass is 79.9. The zero-order chi connectivity index (χ0) is 14.4. The Morgan fingerprint density at radius 2 is 2.10 bits per heavy atom. The fraction of sp³-hybridized carbons (Fsp3) is 0.214. The molecule has 0 aliphatic carbocycles. The third kappa shape index (κ3) is 4.54. The van der Waals surface area contributed by atoms with Crippen LogP contribution in [0.1, 0.15) is 11.3 Å². The van der Waals surface area contributed by atoms with Gasteiger partial charge in [-0.3, -0.25) is 4.79 Å². The number of ether oxygens (including phenoxy) is 1. The summed E-state index contributed by atoms with van der Waals surface area (Å²) < 4.78 is 6.53. The number of carbonyl (C=O) groups excluding carboxylic acids is 1. The summed E-state index contributed by atoms with van der Waals surface area (Å²) >= 11 is 4.99. The average molecular weight is 355 g/mol. The van der Waals surface area contributed by atoms with Gasteiger partial charge in [0.05, 0.1) is 29.0 Å². The minimum Gasteiger partial charge on any atom is -0.491 e. The second kappa shape index (κ2) is 7.31. The van der Waals surface area contributed by atoms with Gasteiger partial charge < -0.3 is 15.8 Å². The Morgan fingerprint density at radius 1 is 1.30 bits per heavy atom. The number of thiophene rings is 1. The zero-order valence-corrected chi connectivity index (χ0v) is 13.2. The Morgan fingerprint density at radius 3 is 2.80 bits per heavy atom. The topological polar surface area (TPSA) is 64.3 Å². The van der Waals surface area contributed by atoms with Gasteiger partial charge in [-0.25, -0.2) is 0 Å². The van der Waals surface area contributed by atoms with Crippen LogP contribution in [0.4, 0.5) is 5.69 Å². The molecule has 2 aromatic rings. The maximum Gasteiger partial charge on any atom is 0.223 e. The standard InChI is InChI=1S/C14H15BrN2O2S/c15-13-6-5-10(20-13)9-17-14(18)7-8-19-12-4-2-1-3-11(12)16/h1-6H,7-9,16H2,(H,17,18). The van der Waals surface area contributed by atoms with Crippen molar-refractivity contribution < 1.29 is 9.53 Å². The predicted molar refractivity (Wildman–Crippen MR) is 84.8 cm³/mol. The summed E-state index contributed by atoms with van der Waals surface area (Å²) in [4.78, 5) is 12.8. The fourth-order valence-corrected chi connectivity index (χ4v) is 3.01. The molecular formula is C14H15BrN2O2S. The molecule has 0 aliphatic heterocycles. The number of nitrogens with two attached hydrogens (primary N) is 1. The molecular weight excluding hydrogens is 340 g/mol. The number of benzene rings is 1. The van der Waals surface area contributed by atoms with Crippen molar-refractivity contribution in [3.63, 3.8) is 0 Å². The number of nitrogens with one attached hydrogen (secondary N) is 1. The maximum absolute atomic E-state index is 11.7. The van der Waals surface area contributed by atoms with Crippen LogP contribution in [-0.4, -0.2) is 12.5 Å². The lowest BCUT2D eigenvalue weighted by atomic mass is 10.3. The summed E-state index contributed by atoms with van der Waals surface area (Å²) in [5.41, 5.74) is 6.33. The molecule has 4 nitrogen and oxygen atoms in total. The van der Waals surface area contributed by atoms with Crippen molar-refractivity contribution in [2.75, 3.05) is 12.3 Å². The minimum absolute atomic E-state index is 0.0379. The van der Waals surface area contributed by atoms with Crippen molar-refractivity contribution in [1.29, 1.82) is 0 Å². The summed E-state index contributed by atoms with van der Waals surface area (Å²) in [6, 6.07) is 11.2. The van der Waals surface area contributed by atoms with E-state index < -0.39 is 0 Å². The lowest BCUT2D eigenvalue weighted by Crippen LogP contribution is -2.24. The molecule has 0 atom stereocenters. The van der Waals surface area contributed by atoms with Gasteiger partial charge >= 0.3 is 0 Å². The molecule has 0 radical (unpaired) electrons. The number of para-hydroxylation sites is 2. The SMILES string of the molecule is Nc1ccccc1OCCC(=O)NCc1ccc(Br)s1. The molecule has 3 N–H and O–H groups in total. The van der Waals surface area contributed by atoms with Crippen molar-refractivity contribution in [3.05, 3.63) is 45.1 Å². The summed E-state index contributed by atoms with van der Waals surface area (Å²) in [5, 5.41) is 2.85. The Kier molecular flexibility index (Phi) is 5.43. The van der Waals surface area contributed by atoms with Crippen LogP contribution in [0.25, 0.3) is 0 Å². The normalized spacial score (nSPS) is 10.2. The second-order valence-electron chi connectivity index (χ2n) is 4.12. The number of amides is 1. The van der Waals surface area contributed by atoms with Gasteiger partial charge in [0, 0.05) is 4.88 Å². The summed E-state index contributed by atoms with van der Waals surface area (Å²) in [7, 11) is 0. The van der Waals surface area contributed by atoms with E-state index in [1.54, 1.807) is 23.5 Å². The van der Waals surface area contributed by atoms with Crippen LogP contribution in [0.2, 0.25) is 0 Å². The highest BCUT2D eigenvalue weighted by molar-refractivity contribution is 9.11. The molecule has 1 aromatic heterocycles. The molecule has 0 fully saturated rings. The van der Waals surface area contributed by atoms with E-state index in [0.29, 0.717) is 31.0 Å². The molecule has 1 aromatic carbocycles. The van der Waals surface area contributed by atoms with Crippen molar-refractivity contribution in [2.45, 2.75) is 13.0 Å². The first kappa shape index (κ1) is 14.9. The van der Waals surface area contributed by atoms with Gasteiger partial charge in [-0.2, -0.15) is 0 Å². The van der Waals surface area contributed by atoms with Gasteiger partial charge in [-0.1, -0.05) is 12.1 Å². The van der Waals surface area contributed by atoms with E-state index >= 15 is 0 Å². The lowest BCUT2D eigenvalue weighted by molar-refractivity contribution is -0.121. The van der Waals surface area contributed by atoms with Crippen molar-refractivity contribution in [2.24, 2.45) is 0 Å². The van der Waals surface area contributed by atoms with Gasteiger partial charge in [-0.05, 0) is 40.2 Å². The van der Waals surface area contributed by atoms with Crippen molar-refractivity contribution in [1.82, 2.24) is 5.32 Å². The van der Waals surface area contributed by atoms with Crippen LogP contribution in [-0.2, 0) is 11.3 Å². The summed E-state index contributed by atoms with van der Waals surface area (Å²) in [5.74, 6) is 0.575. The monoisotopic (exact) mass is 354 g/mol. The highest BCUT2D eigenvalue weighted by Crippen LogP contribution is 2.22. The molecule has 0 spiro atoms. The van der Waals surface area contributed by atoms with E-state index in [1.807, 2.05) is 24.3 Å². The number of halogens is 1. The van der Waals surface area contributed by atoms with Crippen molar-refractivity contribution >= 4 is 38.9 Å². The van der Waals surface area contributed by atoms with E-state index in [-0.39, 0.29) is 5.91 Å². The maximum atomic E-state index is 11.7. The van der Waals surface area contributed by atoms with E-state index in [0.717, 1.165) is 8.66 Å². The van der Waals surface area contributed by atoms with Crippen LogP contribution >= 0.6 is 27.3 Å². The number of anilines is 1. The quantitative estimate of drug-likeness (QED) is 0.783. The second-order valence-corrected chi connectivity index (χ2v) is 6.67. The van der Waals surface area contributed by atoms with E-state index in [1.165, 1.54) is 0 Å². The van der Waals surface area contributed by atoms with Gasteiger partial charge in [0.25, 0.3) is 0 Å². The first-order chi connectivity index (χ1) is 9.65. The molecule has 1 heterocycles. The van der Waals surface area contributed by atoms with Crippen LogP contribution in [0.3, 0.4) is 0 Å². The zero-order valence-electron chi connectivity index (χ0n) is 10.8. The molecule has 20 heavy (non-hydrogen) atoms. The third-order valence-electron chi connectivity index (χ3n) is 2.59. The van der Waals surface area contributed by atoms with Crippen LogP contribution in [0.5, 0.6) is 5.75 Å². The molecule has 6 heteroatoms. The Balaban J connectivity index is 1.69. The average Bonchev–Trinajstić information content (AvgIpc) is 2.84. The molecule has 0 unspecified atom stereocenters. The molecule has 106 valence electrons. The van der Waals surface area contributed by atoms with Crippen molar-refractivity contribution in [3.8, 4) is 5.75 Å². The molecule has 1 amide bonds. The Bertz CT molecular complexity index is 586. The molecule has 0 aliphatic rings. The number of nitrogen functional groups attached to an aromatic ring is 1. The Hall–Kier alpha value is -1.53. The van der Waals surface area contributed by atoms with Crippen LogP contribution < -0.4 is 15.8 Å². The molecule has 0 bridgehead atoms. The smallest absolute Gasteiger partial charge is 0.223 e. The Labute approximate surface area is 130 Å². The third-order valence-corrected chi connectivity index (χ3v) is 4.22. The summed E-state index contributed by atoms with van der Waals surface area (Å²) in [6.07, 6.45) is 0.306. The molecule has 0 saturated carbocycles. The van der Waals surface area contributed by atoms with Crippen LogP contribution in [0.15, 0.2) is 40.2 Å². The number of hydrogen-bond donors (Lipinski definition) is 2. The predicted octanol–water partition coefficient (Wildman–Crippen LogP) is 3.18. The number of hydrogen-bond acceptors (Lipinski definition) is 4. The largest absolute Gasteiger partial charge is 0.491 e. The lowest BCUT2D eigenvalue weighted by Gasteiger charge is -2.08. The van der Waals surface area contributed by atoms with E-state index in [2.05, 4.69) is 21.2 Å². The summed E-state index contributed by atoms with van der Waals surface area (Å²) in [6.45, 7) is 0.858. The molecule has 0 saturated heterocycles. The highest BCUT2D eigenvalue weighted by Gasteiger charge is 2.04. The van der Waals surface area contributed by atoms with Gasteiger partial charge in [-0.15, -0.1) is 11.3 Å². The van der Waals surface area contributed by atoms with Crippen LogP contribution in [0, 0.1) is 0 Å². The van der Waals surface area contributed by atoms with Gasteiger partial charge in [0.2, 0.25) is 5.91 Å². The van der Waals surface area contributed by atoms with E-state index in [9.17, 15) is 4.79 Å². The fourth-order valence-electron chi connectivity index (χ4n) is 1.59. The first-order valence-electron chi connectivity index (χ1n) is 6.13. The molecule has 2 rings (SSSR count). The van der Waals surface area contributed by atoms with E-state index in [4.69, 9.17) is 10.5 Å². The number of rotatable bonds is 6. The first-order valence-corrected chi connectivity index (χ1v) is 7.74. The minimum atomic E-state index is -0.0379. The number of carbonyl (C=O) groups is 1. The van der Waals surface area contributed by atoms with Gasteiger partial charge in [0.1, 0.15) is 5.75 Å².